The minimum Gasteiger partial charge on any atom is -0.354 e. The summed E-state index contributed by atoms with van der Waals surface area (Å²) in [5.41, 5.74) is 6.51. The molecule has 0 aliphatic carbocycles. The topological polar surface area (TPSA) is 52.0 Å². The average Bonchev–Trinajstić information content (AvgIpc) is 2.69. The quantitative estimate of drug-likeness (QED) is 0.526. The fourth-order valence-corrected chi connectivity index (χ4v) is 1.92. The van der Waals surface area contributed by atoms with Crippen molar-refractivity contribution in [2.45, 2.75) is 11.2 Å². The Hall–Kier alpha value is -1.76. The molecule has 0 aliphatic heterocycles. The second-order valence-corrected chi connectivity index (χ2v) is 4.00. The zero-order chi connectivity index (χ0) is 13.3. The third kappa shape index (κ3) is 2.13. The molecule has 1 heterocycles. The van der Waals surface area contributed by atoms with Crippen LogP contribution >= 0.6 is 12.6 Å². The molecule has 2 rings (SSSR count). The second-order valence-electron chi connectivity index (χ2n) is 3.55. The lowest BCUT2D eigenvalue weighted by atomic mass is 10.0. The Labute approximate surface area is 106 Å². The van der Waals surface area contributed by atoms with Gasteiger partial charge in [-0.25, -0.2) is 5.53 Å². The summed E-state index contributed by atoms with van der Waals surface area (Å²) < 4.78 is 38.6. The van der Waals surface area contributed by atoms with Crippen molar-refractivity contribution >= 4 is 18.3 Å². The van der Waals surface area contributed by atoms with Crippen molar-refractivity contribution in [3.8, 4) is 11.1 Å². The Bertz CT molecular complexity index is 589. The molecule has 0 spiro atoms. The van der Waals surface area contributed by atoms with Gasteiger partial charge in [0.2, 0.25) is 0 Å². The van der Waals surface area contributed by atoms with Gasteiger partial charge in [-0.05, 0) is 11.6 Å². The SMILES string of the molecule is N=Nc1c(-c2ccccc2C(F)(F)F)c[nH]c1S. The van der Waals surface area contributed by atoms with E-state index in [4.69, 9.17) is 5.53 Å². The fraction of sp³-hybridized carbons (Fsp3) is 0.0909. The number of nitrogens with one attached hydrogen (secondary N) is 2. The van der Waals surface area contributed by atoms with Crippen molar-refractivity contribution in [2.75, 3.05) is 0 Å². The maximum absolute atomic E-state index is 12.9. The summed E-state index contributed by atoms with van der Waals surface area (Å²) in [5, 5.41) is 3.47. The predicted molar refractivity (Wildman–Crippen MR) is 63.3 cm³/mol. The molecule has 18 heavy (non-hydrogen) atoms. The van der Waals surface area contributed by atoms with Crippen LogP contribution in [0.25, 0.3) is 11.1 Å². The van der Waals surface area contributed by atoms with Crippen LogP contribution in [0.1, 0.15) is 5.56 Å². The van der Waals surface area contributed by atoms with Crippen molar-refractivity contribution in [1.29, 1.82) is 5.53 Å². The van der Waals surface area contributed by atoms with Gasteiger partial charge in [-0.2, -0.15) is 18.3 Å². The monoisotopic (exact) mass is 271 g/mol. The molecule has 1 aromatic heterocycles. The number of hydrogen-bond donors (Lipinski definition) is 3. The van der Waals surface area contributed by atoms with Crippen LogP contribution in [-0.4, -0.2) is 4.98 Å². The lowest BCUT2D eigenvalue weighted by Gasteiger charge is -2.11. The van der Waals surface area contributed by atoms with Gasteiger partial charge >= 0.3 is 6.18 Å². The molecule has 0 radical (unpaired) electrons. The summed E-state index contributed by atoms with van der Waals surface area (Å²) in [7, 11) is 0. The molecule has 0 saturated heterocycles. The Morgan fingerprint density at radius 3 is 2.44 bits per heavy atom. The maximum Gasteiger partial charge on any atom is 0.417 e. The lowest BCUT2D eigenvalue weighted by molar-refractivity contribution is -0.137. The zero-order valence-electron chi connectivity index (χ0n) is 8.92. The number of alkyl halides is 3. The highest BCUT2D eigenvalue weighted by Gasteiger charge is 2.34. The Morgan fingerprint density at radius 1 is 1.17 bits per heavy atom. The largest absolute Gasteiger partial charge is 0.417 e. The minimum absolute atomic E-state index is 0.0208. The van der Waals surface area contributed by atoms with Crippen LogP contribution in [0.4, 0.5) is 18.9 Å². The standard InChI is InChI=1S/C11H8F3N3S/c12-11(13,14)8-4-2-1-3-6(8)7-5-16-10(18)9(7)17-15/h1-5,15-16,18H. The van der Waals surface area contributed by atoms with Crippen molar-refractivity contribution in [3.05, 3.63) is 36.0 Å². The summed E-state index contributed by atoms with van der Waals surface area (Å²) in [6, 6.07) is 5.16. The van der Waals surface area contributed by atoms with Crippen LogP contribution in [0.5, 0.6) is 0 Å². The van der Waals surface area contributed by atoms with Gasteiger partial charge in [0.1, 0.15) is 5.69 Å². The molecule has 2 aromatic rings. The number of halogens is 3. The summed E-state index contributed by atoms with van der Waals surface area (Å²) in [6.45, 7) is 0. The van der Waals surface area contributed by atoms with Crippen LogP contribution in [0.15, 0.2) is 40.6 Å². The Kier molecular flexibility index (Phi) is 3.16. The number of thiol groups is 1. The third-order valence-corrected chi connectivity index (χ3v) is 2.81. The van der Waals surface area contributed by atoms with E-state index in [0.717, 1.165) is 6.07 Å². The maximum atomic E-state index is 12.9. The van der Waals surface area contributed by atoms with E-state index in [2.05, 4.69) is 22.7 Å². The van der Waals surface area contributed by atoms with E-state index in [1.807, 2.05) is 0 Å². The van der Waals surface area contributed by atoms with E-state index in [1.165, 1.54) is 24.4 Å². The first kappa shape index (κ1) is 12.7. The first-order chi connectivity index (χ1) is 8.45. The van der Waals surface area contributed by atoms with Crippen LogP contribution in [0, 0.1) is 5.53 Å². The molecule has 0 bridgehead atoms. The lowest BCUT2D eigenvalue weighted by Crippen LogP contribution is -2.06. The zero-order valence-corrected chi connectivity index (χ0v) is 9.81. The molecular formula is C11H8F3N3S. The van der Waals surface area contributed by atoms with E-state index < -0.39 is 11.7 Å². The van der Waals surface area contributed by atoms with Gasteiger partial charge in [-0.1, -0.05) is 18.2 Å². The molecular weight excluding hydrogens is 263 g/mol. The van der Waals surface area contributed by atoms with Gasteiger partial charge in [-0.15, -0.1) is 12.6 Å². The average molecular weight is 271 g/mol. The number of rotatable bonds is 2. The molecule has 0 atom stereocenters. The summed E-state index contributed by atoms with van der Waals surface area (Å²) in [6.07, 6.45) is -3.09. The van der Waals surface area contributed by atoms with Gasteiger partial charge in [0.15, 0.2) is 0 Å². The summed E-state index contributed by atoms with van der Waals surface area (Å²) in [4.78, 5) is 2.65. The predicted octanol–water partition coefficient (Wildman–Crippen LogP) is 4.65. The van der Waals surface area contributed by atoms with Crippen LogP contribution in [-0.2, 0) is 6.18 Å². The molecule has 0 unspecified atom stereocenters. The molecule has 0 saturated carbocycles. The van der Waals surface area contributed by atoms with E-state index >= 15 is 0 Å². The number of H-pyrrole nitrogens is 1. The molecule has 1 aromatic carbocycles. The van der Waals surface area contributed by atoms with Crippen LogP contribution in [0.2, 0.25) is 0 Å². The van der Waals surface area contributed by atoms with Gasteiger partial charge < -0.3 is 4.98 Å². The first-order valence-corrected chi connectivity index (χ1v) is 5.34. The van der Waals surface area contributed by atoms with Crippen LogP contribution < -0.4 is 0 Å². The van der Waals surface area contributed by atoms with Crippen LogP contribution in [0.3, 0.4) is 0 Å². The molecule has 3 nitrogen and oxygen atoms in total. The van der Waals surface area contributed by atoms with E-state index in [0.29, 0.717) is 0 Å². The number of hydrogen-bond acceptors (Lipinski definition) is 3. The summed E-state index contributed by atoms with van der Waals surface area (Å²) >= 11 is 4.01. The fourth-order valence-electron chi connectivity index (χ4n) is 1.69. The summed E-state index contributed by atoms with van der Waals surface area (Å²) in [5.74, 6) is 0. The molecule has 94 valence electrons. The van der Waals surface area contributed by atoms with Crippen molar-refractivity contribution in [1.82, 2.24) is 4.98 Å². The highest BCUT2D eigenvalue weighted by molar-refractivity contribution is 7.80. The highest BCUT2D eigenvalue weighted by Crippen LogP contribution is 2.42. The van der Waals surface area contributed by atoms with E-state index in [1.54, 1.807) is 0 Å². The smallest absolute Gasteiger partial charge is 0.354 e. The number of benzene rings is 1. The first-order valence-electron chi connectivity index (χ1n) is 4.89. The van der Waals surface area contributed by atoms with Crippen molar-refractivity contribution in [2.24, 2.45) is 5.11 Å². The molecule has 0 aliphatic rings. The Morgan fingerprint density at radius 2 is 1.83 bits per heavy atom. The van der Waals surface area contributed by atoms with Crippen molar-refractivity contribution < 1.29 is 13.2 Å². The third-order valence-electron chi connectivity index (χ3n) is 2.47. The molecule has 7 heteroatoms. The number of aromatic amines is 1. The van der Waals surface area contributed by atoms with Crippen molar-refractivity contribution in [3.63, 3.8) is 0 Å². The minimum atomic E-state index is -4.45. The van der Waals surface area contributed by atoms with Gasteiger partial charge in [0.25, 0.3) is 0 Å². The normalized spacial score (nSPS) is 11.6. The molecule has 2 N–H and O–H groups in total. The van der Waals surface area contributed by atoms with E-state index in [9.17, 15) is 13.2 Å². The van der Waals surface area contributed by atoms with Gasteiger partial charge in [0.05, 0.1) is 10.6 Å². The van der Waals surface area contributed by atoms with Gasteiger partial charge in [-0.3, -0.25) is 0 Å². The highest BCUT2D eigenvalue weighted by atomic mass is 32.1. The van der Waals surface area contributed by atoms with Gasteiger partial charge in [0, 0.05) is 11.8 Å². The molecule has 0 amide bonds. The number of nitrogens with zero attached hydrogens (tertiary/aromatic N) is 1. The van der Waals surface area contributed by atoms with E-state index in [-0.39, 0.29) is 21.8 Å². The second kappa shape index (κ2) is 4.49. The number of aromatic nitrogens is 1. The Balaban J connectivity index is 2.68. The molecule has 0 fully saturated rings.